The number of aromatic nitrogens is 10. The second-order valence-electron chi connectivity index (χ2n) is 42.5. The van der Waals surface area contributed by atoms with E-state index in [0.29, 0.717) is 80.4 Å². The normalized spacial score (nSPS) is 25.8. The standard InChI is InChI=1S/C24H34N6O2S.C24H33N5O3S.C20H29N5OS.C19H26N4OS.C19H25N3O2S/c1-29(13-20(31)30-10-2-3-11-30)17-7-5-16(6-8-17)28-23-21-18-12-15(22(25)32)4-9-19(18)33-24(21)27-14-26-23;1-28(13-20(30)29-10-2-3-11-29)16-5-7-17(8-6-16)32-23-21-18-12-15(22(25)31)4-9-19(18)33-24(21)27-14-26-23;1-3-25(2)14-7-5-13(6-8-14)24-19-17-15-10-12(18(21)26)4-9-16(15)27-20(17)23-11-22-19;1-2-11-3-6-13(7-4-11)23-18-16-14-9-12(17(20)24)5-8-15(14)25-19(16)22-10-21-18;1-2-11-3-6-13(7-4-11)24-18-16-14-9-12(17(20)23)5-8-15(14)25-19(16)22-10-21-18/h14-17H,2-13H2,1H3,(H2,25,32)(H,26,27,28);14-17H,2-13H2,1H3,(H2,25,31);11-14H,3-10H2,1-2H3,(H2,21,26)(H,22,23,24);10-13H,2-9H2,1H3,(H2,20,24)(H,21,22,23);10-13H,2-9H2,1H3,(H2,20,23)/t2*15-,16?,17?;12-,13?,14?;2*11?,12-,13?/m11111/s1. The van der Waals surface area contributed by atoms with E-state index >= 15 is 0 Å². The maximum Gasteiger partial charge on any atom is 0.236 e. The van der Waals surface area contributed by atoms with E-state index in [1.54, 1.807) is 88.3 Å². The van der Waals surface area contributed by atoms with Gasteiger partial charge in [0.05, 0.1) is 40.0 Å². The zero-order valence-electron chi connectivity index (χ0n) is 84.3. The Balaban J connectivity index is 0.000000118. The first-order chi connectivity index (χ1) is 69.3. The number of likely N-dealkylation sites (N-methyl/N-ethyl adjacent to an activating group) is 2. The van der Waals surface area contributed by atoms with Crippen molar-refractivity contribution in [3.63, 3.8) is 0 Å². The van der Waals surface area contributed by atoms with E-state index in [1.165, 1.54) is 111 Å². The minimum Gasteiger partial charge on any atom is -0.474 e. The molecule has 12 aliphatic rings. The Morgan fingerprint density at radius 2 is 0.580 bits per heavy atom. The molecule has 10 aromatic rings. The third kappa shape index (κ3) is 24.4. The number of thiophene rings is 5. The van der Waals surface area contributed by atoms with E-state index in [0.717, 1.165) is 298 Å². The molecular weight excluding hydrogens is 1900 g/mol. The van der Waals surface area contributed by atoms with Crippen LogP contribution in [0, 0.1) is 41.4 Å². The number of primary amides is 5. The molecule has 7 fully saturated rings. The number of nitrogens with two attached hydrogens (primary N) is 5. The van der Waals surface area contributed by atoms with Crippen LogP contribution in [-0.4, -0.2) is 231 Å². The molecule has 143 heavy (non-hydrogen) atoms. The fraction of sp³-hybridized carbons (Fsp3) is 0.651. The Morgan fingerprint density at radius 1 is 0.329 bits per heavy atom. The monoisotopic (exact) mass is 2050 g/mol. The van der Waals surface area contributed by atoms with Gasteiger partial charge >= 0.3 is 0 Å². The summed E-state index contributed by atoms with van der Waals surface area (Å²) in [5.41, 5.74) is 34.0. The highest BCUT2D eigenvalue weighted by Crippen LogP contribution is 2.48. The molecule has 0 spiro atoms. The smallest absolute Gasteiger partial charge is 0.236 e. The molecule has 10 aromatic heterocycles. The Morgan fingerprint density at radius 3 is 0.867 bits per heavy atom. The highest BCUT2D eigenvalue weighted by atomic mass is 32.1. The average molecular weight is 2050 g/mol. The van der Waals surface area contributed by atoms with Crippen LogP contribution in [-0.2, 0) is 97.8 Å². The van der Waals surface area contributed by atoms with Gasteiger partial charge in [-0.1, -0.05) is 33.6 Å². The average Bonchev–Trinajstić information content (AvgIpc) is 1.64. The SMILES string of the molecule is CCC1CCC(Nc2ncnc3sc4c(c23)C[C@H](C(N)=O)CC4)CC1.CCC1CCC(Oc2ncnc3sc4c(c23)C[C@H](C(N)=O)CC4)CC1.CCN(C)C1CCC(Nc2ncnc3sc4c(c23)C[C@H](C(N)=O)CC4)CC1.CN(CC(=O)N1CCCC1)C1CCC(Nc2ncnc3sc4c(c23)C[C@H](C(N)=O)CC4)CC1.CN(CC(=O)N1CCCC1)C1CCC(Oc2ncnc3sc4c(c23)C[C@H](C(N)=O)CC4)CC1. The third-order valence-corrected chi connectivity index (χ3v) is 39.6. The summed E-state index contributed by atoms with van der Waals surface area (Å²) >= 11 is 8.62. The Labute approximate surface area is 859 Å². The molecule has 2 saturated heterocycles. The molecule has 0 aromatic carbocycles. The van der Waals surface area contributed by atoms with Crippen molar-refractivity contribution in [2.45, 2.75) is 332 Å². The van der Waals surface area contributed by atoms with Gasteiger partial charge in [-0.25, -0.2) is 49.8 Å². The fourth-order valence-electron chi connectivity index (χ4n) is 24.5. The van der Waals surface area contributed by atoms with Crippen molar-refractivity contribution in [2.75, 3.05) is 82.9 Å². The summed E-state index contributed by atoms with van der Waals surface area (Å²) in [5, 5.41) is 16.4. The van der Waals surface area contributed by atoms with Gasteiger partial charge in [-0.2, -0.15) is 0 Å². The van der Waals surface area contributed by atoms with Crippen molar-refractivity contribution in [3.8, 4) is 11.8 Å². The molecular formula is C106H147N23O9S5. The topological polar surface area (TPSA) is 449 Å². The quantitative estimate of drug-likeness (QED) is 0.0263. The number of carbonyl (C=O) groups is 7. The molecule has 0 bridgehead atoms. The number of likely N-dealkylation sites (tertiary alicyclic amines) is 2. The molecule has 5 saturated carbocycles. The predicted molar refractivity (Wildman–Crippen MR) is 568 cm³/mol. The van der Waals surface area contributed by atoms with Crippen molar-refractivity contribution in [1.29, 1.82) is 0 Å². The van der Waals surface area contributed by atoms with Crippen LogP contribution >= 0.6 is 56.7 Å². The Bertz CT molecular complexity index is 5830. The molecule has 22 rings (SSSR count). The van der Waals surface area contributed by atoms with Gasteiger partial charge in [-0.3, -0.25) is 43.4 Å². The van der Waals surface area contributed by atoms with Crippen LogP contribution in [0.1, 0.15) is 272 Å². The summed E-state index contributed by atoms with van der Waals surface area (Å²) in [6.07, 6.45) is 50.3. The van der Waals surface area contributed by atoms with Gasteiger partial charge < -0.3 is 68.8 Å². The molecule has 13 N–H and O–H groups in total. The molecule has 0 radical (unpaired) electrons. The molecule has 5 atom stereocenters. The lowest BCUT2D eigenvalue weighted by Gasteiger charge is -2.35. The van der Waals surface area contributed by atoms with Crippen molar-refractivity contribution in [3.05, 3.63) is 83.8 Å². The van der Waals surface area contributed by atoms with Crippen LogP contribution in [0.25, 0.3) is 51.1 Å². The first-order valence-electron chi connectivity index (χ1n) is 53.4. The number of anilines is 3. The molecule has 7 amide bonds. The van der Waals surface area contributed by atoms with Crippen LogP contribution < -0.4 is 54.1 Å². The largest absolute Gasteiger partial charge is 0.474 e. The van der Waals surface area contributed by atoms with Gasteiger partial charge in [0, 0.05) is 116 Å². The fourth-order valence-corrected chi connectivity index (χ4v) is 30.4. The van der Waals surface area contributed by atoms with E-state index in [1.807, 2.05) is 9.80 Å². The van der Waals surface area contributed by atoms with Crippen LogP contribution in [0.4, 0.5) is 17.5 Å². The zero-order chi connectivity index (χ0) is 99.6. The lowest BCUT2D eigenvalue weighted by atomic mass is 9.84. The highest BCUT2D eigenvalue weighted by Gasteiger charge is 2.39. The van der Waals surface area contributed by atoms with Gasteiger partial charge in [0.15, 0.2) is 0 Å². The van der Waals surface area contributed by atoms with E-state index < -0.39 is 0 Å². The number of rotatable bonds is 25. The summed E-state index contributed by atoms with van der Waals surface area (Å²) in [7, 11) is 6.38. The third-order valence-electron chi connectivity index (χ3n) is 33.6. The zero-order valence-corrected chi connectivity index (χ0v) is 88.4. The minimum absolute atomic E-state index is 0.0571. The summed E-state index contributed by atoms with van der Waals surface area (Å²) in [4.78, 5) is 151. The molecule has 0 unspecified atom stereocenters. The Kier molecular flexibility index (Phi) is 34.3. The highest BCUT2D eigenvalue weighted by molar-refractivity contribution is 7.20. The van der Waals surface area contributed by atoms with Gasteiger partial charge in [0.1, 0.15) is 85.5 Å². The summed E-state index contributed by atoms with van der Waals surface area (Å²) in [6.45, 7) is 12.6. The number of ether oxygens (including phenoxy) is 2. The van der Waals surface area contributed by atoms with Crippen molar-refractivity contribution in [2.24, 2.45) is 70.1 Å². The predicted octanol–water partition coefficient (Wildman–Crippen LogP) is 15.3. The second-order valence-corrected chi connectivity index (χ2v) is 47.9. The molecule has 10 aliphatic carbocycles. The van der Waals surface area contributed by atoms with Crippen molar-refractivity contribution >= 4 is 167 Å². The number of nitrogens with one attached hydrogen (secondary N) is 3. The van der Waals surface area contributed by atoms with Crippen molar-refractivity contribution < 1.29 is 43.0 Å². The van der Waals surface area contributed by atoms with Gasteiger partial charge in [0.25, 0.3) is 0 Å². The van der Waals surface area contributed by atoms with Crippen LogP contribution in [0.15, 0.2) is 31.6 Å². The maximum atomic E-state index is 12.5. The molecule has 37 heteroatoms. The van der Waals surface area contributed by atoms with Crippen molar-refractivity contribution in [1.82, 2.24) is 74.3 Å². The first-order valence-corrected chi connectivity index (χ1v) is 57.5. The molecule has 2 aliphatic heterocycles. The lowest BCUT2D eigenvalue weighted by molar-refractivity contribution is -0.132. The Hall–Kier alpha value is -9.63. The van der Waals surface area contributed by atoms with Crippen LogP contribution in [0.5, 0.6) is 11.8 Å². The first kappa shape index (κ1) is 103. The number of aryl methyl sites for hydroxylation is 5. The van der Waals surface area contributed by atoms with E-state index in [9.17, 15) is 33.6 Å². The van der Waals surface area contributed by atoms with Gasteiger partial charge in [0.2, 0.25) is 53.1 Å². The van der Waals surface area contributed by atoms with Gasteiger partial charge in [-0.05, 0) is 318 Å². The number of hydrogen-bond donors (Lipinski definition) is 8. The number of fused-ring (bicyclic) bond motifs is 15. The lowest BCUT2D eigenvalue weighted by Crippen LogP contribution is -2.44. The van der Waals surface area contributed by atoms with E-state index in [2.05, 4.69) is 122 Å². The van der Waals surface area contributed by atoms with Gasteiger partial charge in [-0.15, -0.1) is 56.7 Å². The second kappa shape index (κ2) is 47.5. The molecule has 770 valence electrons. The number of nitrogens with zero attached hydrogens (tertiary/aromatic N) is 15. The molecule has 32 nitrogen and oxygen atoms in total. The summed E-state index contributed by atoms with van der Waals surface area (Å²) in [6, 6.07) is 2.86. The maximum absolute atomic E-state index is 12.5. The van der Waals surface area contributed by atoms with Crippen LogP contribution in [0.2, 0.25) is 0 Å². The van der Waals surface area contributed by atoms with E-state index in [-0.39, 0.29) is 83.1 Å². The van der Waals surface area contributed by atoms with Crippen LogP contribution in [0.3, 0.4) is 0 Å². The summed E-state index contributed by atoms with van der Waals surface area (Å²) < 4.78 is 12.7. The number of amides is 7. The number of carbonyl (C=O) groups excluding carboxylic acids is 7. The number of hydrogen-bond acceptors (Lipinski definition) is 30. The minimum atomic E-state index is -0.232. The molecule has 12 heterocycles. The summed E-state index contributed by atoms with van der Waals surface area (Å²) in [5.74, 6) is 4.92. The van der Waals surface area contributed by atoms with E-state index in [4.69, 9.17) is 38.1 Å².